The molecule has 0 heterocycles. The lowest BCUT2D eigenvalue weighted by molar-refractivity contribution is -0.149. The average molecular weight is 479 g/mol. The van der Waals surface area contributed by atoms with Gasteiger partial charge in [0, 0.05) is 35.0 Å². The van der Waals surface area contributed by atoms with Crippen LogP contribution in [0.1, 0.15) is 38.2 Å². The van der Waals surface area contributed by atoms with Crippen molar-refractivity contribution in [3.63, 3.8) is 0 Å². The molecular weight excluding hydrogens is 455 g/mol. The number of hydrogen-bond donors (Lipinski definition) is 3. The molecule has 1 aromatic rings. The number of carboxylic acid groups (broad SMARTS) is 1. The Hall–Kier alpha value is -2.10. The van der Waals surface area contributed by atoms with Gasteiger partial charge in [0.15, 0.2) is 6.04 Å². The number of Topliss-reactive ketones (excluding diaryl/α,β-unsaturated/α-hetero) is 1. The predicted molar refractivity (Wildman–Crippen MR) is 118 cm³/mol. The molecule has 11 heteroatoms. The van der Waals surface area contributed by atoms with Crippen LogP contribution in [0, 0.1) is 5.41 Å². The number of ether oxygens (including phenoxy) is 1. The Kier molecular flexibility index (Phi) is 13.0. The predicted octanol–water partition coefficient (Wildman–Crippen LogP) is 2.93. The number of aliphatic carboxylic acids is 1. The van der Waals surface area contributed by atoms with Crippen LogP contribution >= 0.6 is 36.7 Å². The van der Waals surface area contributed by atoms with Crippen molar-refractivity contribution in [3.8, 4) is 0 Å². The molecule has 0 fully saturated rings. The summed E-state index contributed by atoms with van der Waals surface area (Å²) in [6.45, 7) is 1.20. The van der Waals surface area contributed by atoms with E-state index in [4.69, 9.17) is 38.5 Å². The minimum atomic E-state index is -1.38. The summed E-state index contributed by atoms with van der Waals surface area (Å²) in [6.07, 6.45) is -0.160. The summed E-state index contributed by atoms with van der Waals surface area (Å²) in [6, 6.07) is 3.45. The Morgan fingerprint density at radius 3 is 2.30 bits per heavy atom. The van der Waals surface area contributed by atoms with Gasteiger partial charge in [0.1, 0.15) is 12.4 Å². The normalized spacial score (nSPS) is 11.0. The van der Waals surface area contributed by atoms with E-state index < -0.39 is 36.9 Å². The van der Waals surface area contributed by atoms with Crippen molar-refractivity contribution >= 4 is 66.0 Å². The van der Waals surface area contributed by atoms with E-state index in [1.54, 1.807) is 25.1 Å². The summed E-state index contributed by atoms with van der Waals surface area (Å²) < 4.78 is 4.82. The monoisotopic (exact) mass is 478 g/mol. The van der Waals surface area contributed by atoms with Gasteiger partial charge in [-0.05, 0) is 24.1 Å². The number of benzene rings is 1. The van der Waals surface area contributed by atoms with Gasteiger partial charge in [0.2, 0.25) is 5.91 Å². The van der Waals surface area contributed by atoms with Crippen molar-refractivity contribution < 1.29 is 29.0 Å². The molecule has 30 heavy (non-hydrogen) atoms. The molecule has 166 valence electrons. The van der Waals surface area contributed by atoms with Gasteiger partial charge in [-0.25, -0.2) is 4.79 Å². The second kappa shape index (κ2) is 14.0. The van der Waals surface area contributed by atoms with Crippen molar-refractivity contribution in [2.24, 2.45) is 0 Å². The number of carbonyl (C=O) groups is 4. The molecule has 0 unspecified atom stereocenters. The van der Waals surface area contributed by atoms with E-state index in [2.05, 4.69) is 5.32 Å². The molecule has 0 radical (unpaired) electrons. The number of halogens is 2. The van der Waals surface area contributed by atoms with Crippen LogP contribution < -0.4 is 5.32 Å². The molecule has 0 aliphatic carbocycles. The van der Waals surface area contributed by atoms with E-state index in [1.165, 1.54) is 0 Å². The summed E-state index contributed by atoms with van der Waals surface area (Å²) in [4.78, 5) is 46.6. The number of ketones is 1. The van der Waals surface area contributed by atoms with Crippen LogP contribution in [-0.2, 0) is 30.3 Å². The summed E-state index contributed by atoms with van der Waals surface area (Å²) in [7, 11) is 0. The van der Waals surface area contributed by atoms with Crippen LogP contribution in [0.2, 0.25) is 10.0 Å². The van der Waals surface area contributed by atoms with E-state index in [-0.39, 0.29) is 44.3 Å². The van der Waals surface area contributed by atoms with Crippen molar-refractivity contribution in [3.05, 3.63) is 33.8 Å². The summed E-state index contributed by atoms with van der Waals surface area (Å²) in [5, 5.41) is 19.8. The number of hydrogen-bond acceptors (Lipinski definition) is 6. The second-order valence-corrected chi connectivity index (χ2v) is 7.08. The van der Waals surface area contributed by atoms with Gasteiger partial charge in [-0.2, -0.15) is 13.5 Å². The summed E-state index contributed by atoms with van der Waals surface area (Å²) in [5.74, 6) is -3.03. The first-order valence-corrected chi connectivity index (χ1v) is 9.58. The third-order valence-electron chi connectivity index (χ3n) is 3.73. The highest BCUT2D eigenvalue weighted by Crippen LogP contribution is 2.25. The molecule has 3 N–H and O–H groups in total. The molecule has 1 atom stereocenters. The Morgan fingerprint density at radius 2 is 1.77 bits per heavy atom. The molecule has 1 amide bonds. The summed E-state index contributed by atoms with van der Waals surface area (Å²) in [5.41, 5.74) is 0.258. The molecule has 0 aliphatic heterocycles. The van der Waals surface area contributed by atoms with Gasteiger partial charge in [-0.15, -0.1) is 0 Å². The number of amides is 1. The fourth-order valence-electron chi connectivity index (χ4n) is 2.33. The maximum Gasteiger partial charge on any atom is 0.329 e. The number of nitrogens with one attached hydrogen (secondary N) is 2. The van der Waals surface area contributed by atoms with Gasteiger partial charge in [-0.3, -0.25) is 14.4 Å². The highest BCUT2D eigenvalue weighted by Gasteiger charge is 2.22. The lowest BCUT2D eigenvalue weighted by Crippen LogP contribution is -2.44. The van der Waals surface area contributed by atoms with Crippen molar-refractivity contribution in [2.45, 2.75) is 45.1 Å². The van der Waals surface area contributed by atoms with Gasteiger partial charge in [0.05, 0.1) is 6.42 Å². The first-order valence-electron chi connectivity index (χ1n) is 8.82. The highest BCUT2D eigenvalue weighted by molar-refractivity contribution is 7.59. The fourth-order valence-corrected chi connectivity index (χ4v) is 2.86. The van der Waals surface area contributed by atoms with Crippen molar-refractivity contribution in [1.29, 1.82) is 5.41 Å². The average Bonchev–Trinajstić information content (AvgIpc) is 2.61. The van der Waals surface area contributed by atoms with E-state index in [1.807, 2.05) is 0 Å². The molecule has 8 nitrogen and oxygen atoms in total. The van der Waals surface area contributed by atoms with Crippen LogP contribution in [0.25, 0.3) is 0 Å². The van der Waals surface area contributed by atoms with E-state index in [0.29, 0.717) is 22.0 Å². The Morgan fingerprint density at radius 1 is 1.17 bits per heavy atom. The minimum Gasteiger partial charge on any atom is -0.480 e. The lowest BCUT2D eigenvalue weighted by atomic mass is 10.0. The molecule has 0 saturated carbocycles. The summed E-state index contributed by atoms with van der Waals surface area (Å²) >= 11 is 12.0. The first kappa shape index (κ1) is 27.9. The molecule has 0 spiro atoms. The number of carboxylic acids is 1. The zero-order chi connectivity index (χ0) is 22.0. The molecule has 0 saturated heterocycles. The molecular formula is C19H24Cl2N2O6S. The molecule has 0 aliphatic rings. The molecule has 1 aromatic carbocycles. The third kappa shape index (κ3) is 10.1. The first-order chi connectivity index (χ1) is 13.6. The smallest absolute Gasteiger partial charge is 0.329 e. The van der Waals surface area contributed by atoms with Gasteiger partial charge >= 0.3 is 11.9 Å². The molecule has 0 aromatic heterocycles. The zero-order valence-electron chi connectivity index (χ0n) is 16.3. The quantitative estimate of drug-likeness (QED) is 0.312. The number of rotatable bonds is 12. The van der Waals surface area contributed by atoms with Gasteiger partial charge < -0.3 is 20.6 Å². The van der Waals surface area contributed by atoms with E-state index >= 15 is 0 Å². The van der Waals surface area contributed by atoms with Gasteiger partial charge in [0.25, 0.3) is 0 Å². The molecule has 1 rings (SSSR count). The maximum absolute atomic E-state index is 12.1. The molecule has 0 bridgehead atoms. The lowest BCUT2D eigenvalue weighted by Gasteiger charge is -2.14. The van der Waals surface area contributed by atoms with E-state index in [0.717, 1.165) is 0 Å². The number of esters is 1. The fraction of sp³-hybridized carbons (Fsp3) is 0.421. The van der Waals surface area contributed by atoms with Gasteiger partial charge in [-0.1, -0.05) is 36.2 Å². The Bertz CT molecular complexity index is 783. The van der Waals surface area contributed by atoms with Crippen LogP contribution in [-0.4, -0.2) is 47.1 Å². The third-order valence-corrected chi connectivity index (χ3v) is 4.43. The topological polar surface area (TPSA) is 134 Å². The number of carbonyl (C=O) groups excluding carboxylic acids is 3. The Labute approximate surface area is 191 Å². The van der Waals surface area contributed by atoms with Crippen molar-refractivity contribution in [2.75, 3.05) is 6.61 Å². The second-order valence-electron chi connectivity index (χ2n) is 6.26. The largest absolute Gasteiger partial charge is 0.480 e. The zero-order valence-corrected chi connectivity index (χ0v) is 18.8. The standard InChI is InChI=1S/C19H22Cl2N2O6.H2S/c1-2-4-17(25)23-16(19(27)28)10-29-18(26)8-11(22)7-12(24)9-13-14(20)5-3-6-15(13)21;/h3,5-6,16,22H,2,4,7-10H2,1H3,(H,23,25)(H,27,28);1H2/t16-;/m0./s1. The highest BCUT2D eigenvalue weighted by atomic mass is 35.5. The minimum absolute atomic E-state index is 0. The Balaban J connectivity index is 0.00000841. The van der Waals surface area contributed by atoms with Crippen LogP contribution in [0.3, 0.4) is 0 Å². The van der Waals surface area contributed by atoms with Crippen LogP contribution in [0.5, 0.6) is 0 Å². The SMILES string of the molecule is CCCC(=O)N[C@@H](COC(=O)CC(=N)CC(=O)Cc1c(Cl)cccc1Cl)C(=O)O.S. The maximum atomic E-state index is 12.1. The van der Waals surface area contributed by atoms with E-state index in [9.17, 15) is 19.2 Å². The van der Waals surface area contributed by atoms with Crippen LogP contribution in [0.4, 0.5) is 0 Å². The van der Waals surface area contributed by atoms with Crippen LogP contribution in [0.15, 0.2) is 18.2 Å². The van der Waals surface area contributed by atoms with Crippen molar-refractivity contribution in [1.82, 2.24) is 5.32 Å².